The average Bonchev–Trinajstić information content (AvgIpc) is 2.46. The van der Waals surface area contributed by atoms with Crippen LogP contribution >= 0.6 is 0 Å². The Morgan fingerprint density at radius 2 is 1.95 bits per heavy atom. The summed E-state index contributed by atoms with van der Waals surface area (Å²) in [6.07, 6.45) is 0. The zero-order valence-electron chi connectivity index (χ0n) is 11.0. The molecule has 0 aromatic heterocycles. The number of nitrogens with zero attached hydrogens (tertiary/aromatic N) is 1. The summed E-state index contributed by atoms with van der Waals surface area (Å²) >= 11 is 0. The van der Waals surface area contributed by atoms with E-state index in [0.29, 0.717) is 5.56 Å². The maximum atomic E-state index is 13.9. The minimum atomic E-state index is -0.506. The predicted molar refractivity (Wildman–Crippen MR) is 72.8 cm³/mol. The maximum Gasteiger partial charge on any atom is 0.145 e. The Balaban J connectivity index is 2.08. The van der Waals surface area contributed by atoms with Gasteiger partial charge in [0.2, 0.25) is 0 Å². The molecule has 0 unspecified atom stereocenters. The van der Waals surface area contributed by atoms with Crippen LogP contribution in [0.1, 0.15) is 29.7 Å². The summed E-state index contributed by atoms with van der Waals surface area (Å²) in [7, 11) is 0. The highest BCUT2D eigenvalue weighted by atomic mass is 19.1. The molecule has 0 fully saturated rings. The van der Waals surface area contributed by atoms with Crippen molar-refractivity contribution in [2.45, 2.75) is 19.5 Å². The number of benzene rings is 2. The third kappa shape index (κ3) is 3.19. The normalized spacial score (nSPS) is 11.9. The quantitative estimate of drug-likeness (QED) is 0.921. The van der Waals surface area contributed by atoms with Crippen molar-refractivity contribution in [1.29, 1.82) is 5.26 Å². The molecular formula is C16H14F2N2. The molecule has 1 atom stereocenters. The lowest BCUT2D eigenvalue weighted by atomic mass is 10.1. The van der Waals surface area contributed by atoms with Gasteiger partial charge >= 0.3 is 0 Å². The van der Waals surface area contributed by atoms with Gasteiger partial charge in [0.05, 0.1) is 5.56 Å². The Morgan fingerprint density at radius 1 is 1.20 bits per heavy atom. The molecule has 2 nitrogen and oxygen atoms in total. The van der Waals surface area contributed by atoms with Gasteiger partial charge in [-0.25, -0.2) is 8.78 Å². The lowest BCUT2D eigenvalue weighted by molar-refractivity contribution is 0.539. The second-order valence-corrected chi connectivity index (χ2v) is 4.55. The molecule has 4 heteroatoms. The molecular weight excluding hydrogens is 258 g/mol. The second-order valence-electron chi connectivity index (χ2n) is 4.55. The summed E-state index contributed by atoms with van der Waals surface area (Å²) in [6.45, 7) is 2.15. The fourth-order valence-corrected chi connectivity index (χ4v) is 1.96. The highest BCUT2D eigenvalue weighted by molar-refractivity contribution is 5.35. The zero-order valence-corrected chi connectivity index (χ0v) is 11.0. The van der Waals surface area contributed by atoms with Crippen LogP contribution in [0.25, 0.3) is 0 Å². The summed E-state index contributed by atoms with van der Waals surface area (Å²) in [6, 6.07) is 12.7. The number of rotatable bonds is 4. The first-order valence-corrected chi connectivity index (χ1v) is 6.28. The third-order valence-electron chi connectivity index (χ3n) is 3.15. The van der Waals surface area contributed by atoms with E-state index in [1.807, 2.05) is 19.1 Å². The SMILES string of the molecule is C[C@H](NCc1cccc(C#N)c1F)c1cccc(F)c1. The van der Waals surface area contributed by atoms with E-state index in [1.54, 1.807) is 18.2 Å². The van der Waals surface area contributed by atoms with Crippen LogP contribution in [0.5, 0.6) is 0 Å². The molecule has 102 valence electrons. The molecule has 0 spiro atoms. The van der Waals surface area contributed by atoms with Crippen LogP contribution < -0.4 is 5.32 Å². The Bertz CT molecular complexity index is 647. The van der Waals surface area contributed by atoms with Gasteiger partial charge in [-0.2, -0.15) is 5.26 Å². The van der Waals surface area contributed by atoms with Crippen LogP contribution in [0.15, 0.2) is 42.5 Å². The number of nitriles is 1. The van der Waals surface area contributed by atoms with Crippen molar-refractivity contribution in [2.75, 3.05) is 0 Å². The van der Waals surface area contributed by atoms with Gasteiger partial charge < -0.3 is 5.32 Å². The molecule has 2 aromatic carbocycles. The molecule has 0 aliphatic rings. The summed E-state index contributed by atoms with van der Waals surface area (Å²) in [5.74, 6) is -0.803. The van der Waals surface area contributed by atoms with Crippen molar-refractivity contribution in [3.63, 3.8) is 0 Å². The fraction of sp³-hybridized carbons (Fsp3) is 0.188. The first-order chi connectivity index (χ1) is 9.61. The maximum absolute atomic E-state index is 13.9. The average molecular weight is 272 g/mol. The van der Waals surface area contributed by atoms with Crippen LogP contribution in [0.4, 0.5) is 8.78 Å². The molecule has 2 aromatic rings. The van der Waals surface area contributed by atoms with Crippen molar-refractivity contribution in [3.05, 3.63) is 70.8 Å². The van der Waals surface area contributed by atoms with E-state index in [4.69, 9.17) is 5.26 Å². The van der Waals surface area contributed by atoms with Crippen LogP contribution in [-0.4, -0.2) is 0 Å². The Morgan fingerprint density at radius 3 is 2.65 bits per heavy atom. The molecule has 0 radical (unpaired) electrons. The van der Waals surface area contributed by atoms with Gasteiger partial charge in [0.15, 0.2) is 0 Å². The Kier molecular flexibility index (Phi) is 4.44. The summed E-state index contributed by atoms with van der Waals surface area (Å²) < 4.78 is 27.0. The summed E-state index contributed by atoms with van der Waals surface area (Å²) in [5.41, 5.74) is 1.25. The van der Waals surface area contributed by atoms with Gasteiger partial charge in [-0.1, -0.05) is 24.3 Å². The van der Waals surface area contributed by atoms with E-state index in [0.717, 1.165) is 5.56 Å². The van der Waals surface area contributed by atoms with Gasteiger partial charge in [-0.05, 0) is 30.7 Å². The molecule has 20 heavy (non-hydrogen) atoms. The molecule has 2 rings (SSSR count). The first kappa shape index (κ1) is 14.2. The van der Waals surface area contributed by atoms with Crippen molar-refractivity contribution >= 4 is 0 Å². The Labute approximate surface area is 116 Å². The zero-order chi connectivity index (χ0) is 14.5. The Hall–Kier alpha value is -2.25. The van der Waals surface area contributed by atoms with Gasteiger partial charge in [0.1, 0.15) is 17.7 Å². The molecule has 0 saturated heterocycles. The highest BCUT2D eigenvalue weighted by Crippen LogP contribution is 2.16. The third-order valence-corrected chi connectivity index (χ3v) is 3.15. The van der Waals surface area contributed by atoms with Gasteiger partial charge in [-0.3, -0.25) is 0 Å². The van der Waals surface area contributed by atoms with E-state index < -0.39 is 5.82 Å². The highest BCUT2D eigenvalue weighted by Gasteiger charge is 2.10. The number of nitrogens with one attached hydrogen (secondary N) is 1. The fourth-order valence-electron chi connectivity index (χ4n) is 1.96. The van der Waals surface area contributed by atoms with Gasteiger partial charge in [0, 0.05) is 18.2 Å². The van der Waals surface area contributed by atoms with Crippen LogP contribution in [-0.2, 0) is 6.54 Å². The molecule has 0 amide bonds. The lowest BCUT2D eigenvalue weighted by Gasteiger charge is -2.15. The molecule has 0 saturated carbocycles. The van der Waals surface area contributed by atoms with Crippen LogP contribution in [0.2, 0.25) is 0 Å². The van der Waals surface area contributed by atoms with E-state index in [9.17, 15) is 8.78 Å². The number of halogens is 2. The van der Waals surface area contributed by atoms with Crippen molar-refractivity contribution in [2.24, 2.45) is 0 Å². The van der Waals surface area contributed by atoms with E-state index >= 15 is 0 Å². The van der Waals surface area contributed by atoms with E-state index in [-0.39, 0.29) is 24.0 Å². The number of hydrogen-bond acceptors (Lipinski definition) is 2. The smallest absolute Gasteiger partial charge is 0.145 e. The standard InChI is InChI=1S/C16H14F2N2/c1-11(12-4-3-7-15(17)8-12)20-10-14-6-2-5-13(9-19)16(14)18/h2-8,11,20H,10H2,1H3/t11-/m0/s1. The minimum Gasteiger partial charge on any atom is -0.306 e. The summed E-state index contributed by atoms with van der Waals surface area (Å²) in [5, 5.41) is 11.9. The molecule has 0 aliphatic heterocycles. The largest absolute Gasteiger partial charge is 0.306 e. The first-order valence-electron chi connectivity index (χ1n) is 6.28. The van der Waals surface area contributed by atoms with Crippen LogP contribution in [0.3, 0.4) is 0 Å². The van der Waals surface area contributed by atoms with Gasteiger partial charge in [0.25, 0.3) is 0 Å². The molecule has 1 N–H and O–H groups in total. The second kappa shape index (κ2) is 6.27. The molecule has 0 bridgehead atoms. The minimum absolute atomic E-state index is 0.0303. The molecule has 0 heterocycles. The van der Waals surface area contributed by atoms with Crippen LogP contribution in [0, 0.1) is 23.0 Å². The van der Waals surface area contributed by atoms with Crippen molar-refractivity contribution in [1.82, 2.24) is 5.32 Å². The van der Waals surface area contributed by atoms with Crippen molar-refractivity contribution < 1.29 is 8.78 Å². The summed E-state index contributed by atoms with van der Waals surface area (Å²) in [4.78, 5) is 0. The van der Waals surface area contributed by atoms with E-state index in [2.05, 4.69) is 5.32 Å². The van der Waals surface area contributed by atoms with Gasteiger partial charge in [-0.15, -0.1) is 0 Å². The van der Waals surface area contributed by atoms with Crippen molar-refractivity contribution in [3.8, 4) is 6.07 Å². The molecule has 0 aliphatic carbocycles. The number of hydrogen-bond donors (Lipinski definition) is 1. The lowest BCUT2D eigenvalue weighted by Crippen LogP contribution is -2.19. The predicted octanol–water partition coefficient (Wildman–Crippen LogP) is 3.69. The monoisotopic (exact) mass is 272 g/mol. The van der Waals surface area contributed by atoms with E-state index in [1.165, 1.54) is 18.2 Å². The topological polar surface area (TPSA) is 35.8 Å².